The highest BCUT2D eigenvalue weighted by Crippen LogP contribution is 2.20. The molecule has 0 aliphatic carbocycles. The molecule has 0 atom stereocenters. The van der Waals surface area contributed by atoms with Crippen LogP contribution in [0.5, 0.6) is 0 Å². The summed E-state index contributed by atoms with van der Waals surface area (Å²) in [6.45, 7) is 0.673. The van der Waals surface area contributed by atoms with Gasteiger partial charge >= 0.3 is 0 Å². The van der Waals surface area contributed by atoms with Gasteiger partial charge in [-0.2, -0.15) is 0 Å². The average molecular weight is 370 g/mol. The smallest absolute Gasteiger partial charge is 0.255 e. The normalized spacial score (nSPS) is 10.4. The van der Waals surface area contributed by atoms with E-state index in [0.717, 1.165) is 5.56 Å². The molecule has 132 valence electrons. The molecule has 1 amide bonds. The van der Waals surface area contributed by atoms with Crippen molar-refractivity contribution in [2.75, 3.05) is 17.3 Å². The van der Waals surface area contributed by atoms with E-state index < -0.39 is 5.82 Å². The Balaban J connectivity index is 1.73. The quantitative estimate of drug-likeness (QED) is 0.705. The van der Waals surface area contributed by atoms with Gasteiger partial charge < -0.3 is 10.2 Å². The fourth-order valence-corrected chi connectivity index (χ4v) is 2.66. The third-order valence-corrected chi connectivity index (χ3v) is 4.13. The maximum atomic E-state index is 13.2. The van der Waals surface area contributed by atoms with Crippen molar-refractivity contribution >= 4 is 29.0 Å². The van der Waals surface area contributed by atoms with Crippen LogP contribution in [0.3, 0.4) is 0 Å². The molecule has 0 saturated heterocycles. The lowest BCUT2D eigenvalue weighted by atomic mass is 10.2. The van der Waals surface area contributed by atoms with Crippen LogP contribution in [-0.4, -0.2) is 17.9 Å². The Bertz CT molecular complexity index is 918. The van der Waals surface area contributed by atoms with Crippen molar-refractivity contribution < 1.29 is 9.18 Å². The molecule has 0 saturated carbocycles. The largest absolute Gasteiger partial charge is 0.355 e. The highest BCUT2D eigenvalue weighted by Gasteiger charge is 2.11. The van der Waals surface area contributed by atoms with Gasteiger partial charge in [0.05, 0.1) is 5.02 Å². The molecule has 0 aliphatic rings. The number of aromatic nitrogens is 1. The van der Waals surface area contributed by atoms with Crippen molar-refractivity contribution in [3.05, 3.63) is 88.8 Å². The molecule has 0 unspecified atom stereocenters. The van der Waals surface area contributed by atoms with Gasteiger partial charge in [0.2, 0.25) is 0 Å². The van der Waals surface area contributed by atoms with E-state index in [0.29, 0.717) is 23.6 Å². The summed E-state index contributed by atoms with van der Waals surface area (Å²) < 4.78 is 13.2. The van der Waals surface area contributed by atoms with Gasteiger partial charge in [-0.05, 0) is 35.9 Å². The summed E-state index contributed by atoms with van der Waals surface area (Å²) in [5.74, 6) is -0.165. The number of halogens is 2. The monoisotopic (exact) mass is 369 g/mol. The summed E-state index contributed by atoms with van der Waals surface area (Å²) in [4.78, 5) is 18.7. The number of anilines is 2. The summed E-state index contributed by atoms with van der Waals surface area (Å²) >= 11 is 5.74. The van der Waals surface area contributed by atoms with E-state index in [1.54, 1.807) is 18.3 Å². The van der Waals surface area contributed by atoms with Gasteiger partial charge in [-0.1, -0.05) is 41.9 Å². The molecule has 2 aromatic carbocycles. The Morgan fingerprint density at radius 3 is 2.65 bits per heavy atom. The number of pyridine rings is 1. The van der Waals surface area contributed by atoms with E-state index in [1.807, 2.05) is 42.3 Å². The van der Waals surface area contributed by atoms with Crippen molar-refractivity contribution in [3.8, 4) is 0 Å². The number of nitrogens with zero attached hydrogens (tertiary/aromatic N) is 2. The second kappa shape index (κ2) is 7.97. The first kappa shape index (κ1) is 17.9. The molecule has 0 radical (unpaired) electrons. The Labute approximate surface area is 156 Å². The highest BCUT2D eigenvalue weighted by atomic mass is 35.5. The summed E-state index contributed by atoms with van der Waals surface area (Å²) in [7, 11) is 1.91. The summed E-state index contributed by atoms with van der Waals surface area (Å²) in [5, 5.41) is 2.66. The van der Waals surface area contributed by atoms with Gasteiger partial charge in [0.25, 0.3) is 5.91 Å². The van der Waals surface area contributed by atoms with Crippen LogP contribution in [-0.2, 0) is 6.54 Å². The maximum absolute atomic E-state index is 13.2. The van der Waals surface area contributed by atoms with E-state index in [9.17, 15) is 9.18 Å². The molecular weight excluding hydrogens is 353 g/mol. The summed E-state index contributed by atoms with van der Waals surface area (Å²) in [5.41, 5.74) is 2.03. The lowest BCUT2D eigenvalue weighted by Crippen LogP contribution is -2.19. The fourth-order valence-electron chi connectivity index (χ4n) is 2.48. The third-order valence-electron chi connectivity index (χ3n) is 3.84. The average Bonchev–Trinajstić information content (AvgIpc) is 2.65. The first-order valence-corrected chi connectivity index (χ1v) is 8.38. The fraction of sp³-hybridized carbons (Fsp3) is 0.100. The number of carbonyl (C=O) groups is 1. The van der Waals surface area contributed by atoms with Crippen LogP contribution in [0.1, 0.15) is 15.9 Å². The standard InChI is InChI=1S/C20H17ClFN3O/c1-25(13-14-5-3-2-4-6-14)19-11-15(9-10-23-19)20(26)24-16-7-8-18(22)17(21)12-16/h2-12H,13H2,1H3,(H,24,26). The number of hydrogen-bond donors (Lipinski definition) is 1. The van der Waals surface area contributed by atoms with Crippen molar-refractivity contribution in [2.24, 2.45) is 0 Å². The highest BCUT2D eigenvalue weighted by molar-refractivity contribution is 6.31. The number of carbonyl (C=O) groups excluding carboxylic acids is 1. The van der Waals surface area contributed by atoms with E-state index >= 15 is 0 Å². The molecule has 4 nitrogen and oxygen atoms in total. The van der Waals surface area contributed by atoms with E-state index in [4.69, 9.17) is 11.6 Å². The van der Waals surface area contributed by atoms with Crippen LogP contribution >= 0.6 is 11.6 Å². The molecular formula is C20H17ClFN3O. The minimum atomic E-state index is -0.529. The zero-order valence-electron chi connectivity index (χ0n) is 14.1. The Morgan fingerprint density at radius 1 is 1.15 bits per heavy atom. The van der Waals surface area contributed by atoms with Crippen molar-refractivity contribution in [3.63, 3.8) is 0 Å². The SMILES string of the molecule is CN(Cc1ccccc1)c1cc(C(=O)Nc2ccc(F)c(Cl)c2)ccn1. The Hall–Kier alpha value is -2.92. The van der Waals surface area contributed by atoms with E-state index in [1.165, 1.54) is 18.2 Å². The van der Waals surface area contributed by atoms with E-state index in [2.05, 4.69) is 10.3 Å². The van der Waals surface area contributed by atoms with Crippen molar-refractivity contribution in [1.29, 1.82) is 0 Å². The first-order chi connectivity index (χ1) is 12.5. The lowest BCUT2D eigenvalue weighted by Gasteiger charge is -2.18. The lowest BCUT2D eigenvalue weighted by molar-refractivity contribution is 0.102. The maximum Gasteiger partial charge on any atom is 0.255 e. The summed E-state index contributed by atoms with van der Waals surface area (Å²) in [6, 6.07) is 17.4. The van der Waals surface area contributed by atoms with Crippen LogP contribution in [0.25, 0.3) is 0 Å². The van der Waals surface area contributed by atoms with Crippen LogP contribution in [0.15, 0.2) is 66.9 Å². The van der Waals surface area contributed by atoms with E-state index in [-0.39, 0.29) is 10.9 Å². The molecule has 0 aliphatic heterocycles. The van der Waals surface area contributed by atoms with Crippen LogP contribution < -0.4 is 10.2 Å². The molecule has 3 rings (SSSR count). The Kier molecular flexibility index (Phi) is 5.49. The number of hydrogen-bond acceptors (Lipinski definition) is 3. The topological polar surface area (TPSA) is 45.2 Å². The van der Waals surface area contributed by atoms with Gasteiger partial charge in [0.1, 0.15) is 11.6 Å². The van der Waals surface area contributed by atoms with Crippen molar-refractivity contribution in [1.82, 2.24) is 4.98 Å². The molecule has 0 spiro atoms. The van der Waals surface area contributed by atoms with Gasteiger partial charge in [-0.3, -0.25) is 4.79 Å². The zero-order valence-corrected chi connectivity index (χ0v) is 14.9. The summed E-state index contributed by atoms with van der Waals surface area (Å²) in [6.07, 6.45) is 1.59. The van der Waals surface area contributed by atoms with Gasteiger partial charge in [-0.15, -0.1) is 0 Å². The minimum absolute atomic E-state index is 0.0409. The van der Waals surface area contributed by atoms with Gasteiger partial charge in [0.15, 0.2) is 0 Å². The Morgan fingerprint density at radius 2 is 1.92 bits per heavy atom. The molecule has 6 heteroatoms. The second-order valence-corrected chi connectivity index (χ2v) is 6.23. The third kappa shape index (κ3) is 4.37. The minimum Gasteiger partial charge on any atom is -0.355 e. The molecule has 0 fully saturated rings. The molecule has 0 bridgehead atoms. The van der Waals surface area contributed by atoms with Crippen molar-refractivity contribution in [2.45, 2.75) is 6.54 Å². The van der Waals surface area contributed by atoms with Gasteiger partial charge in [0, 0.05) is 31.0 Å². The van der Waals surface area contributed by atoms with Crippen LogP contribution in [0, 0.1) is 5.82 Å². The van der Waals surface area contributed by atoms with Crippen LogP contribution in [0.4, 0.5) is 15.9 Å². The molecule has 1 N–H and O–H groups in total. The second-order valence-electron chi connectivity index (χ2n) is 5.83. The number of benzene rings is 2. The molecule has 26 heavy (non-hydrogen) atoms. The molecule has 3 aromatic rings. The molecule has 1 heterocycles. The molecule has 1 aromatic heterocycles. The van der Waals surface area contributed by atoms with Gasteiger partial charge in [-0.25, -0.2) is 9.37 Å². The number of nitrogens with one attached hydrogen (secondary N) is 1. The number of amides is 1. The van der Waals surface area contributed by atoms with Crippen LogP contribution in [0.2, 0.25) is 5.02 Å². The zero-order chi connectivity index (χ0) is 18.5. The number of rotatable bonds is 5. The predicted molar refractivity (Wildman–Crippen MR) is 102 cm³/mol. The predicted octanol–water partition coefficient (Wildman–Crippen LogP) is 4.76. The first-order valence-electron chi connectivity index (χ1n) is 8.00.